The second-order valence-electron chi connectivity index (χ2n) is 2.72. The normalized spacial score (nSPS) is 10.4. The Morgan fingerprint density at radius 1 is 1.08 bits per heavy atom. The number of hydrogen-bond donors (Lipinski definition) is 1. The highest BCUT2D eigenvalue weighted by Crippen LogP contribution is 2.20. The van der Waals surface area contributed by atoms with Crippen molar-refractivity contribution in [1.29, 1.82) is 0 Å². The summed E-state index contributed by atoms with van der Waals surface area (Å²) in [5.74, 6) is -0.259. The zero-order valence-corrected chi connectivity index (χ0v) is 6.42. The van der Waals surface area contributed by atoms with Gasteiger partial charge in [0.1, 0.15) is 5.82 Å². The number of benzene rings is 2. The van der Waals surface area contributed by atoms with Crippen LogP contribution in [0.3, 0.4) is 0 Å². The topological polar surface area (TPSA) is 26.0 Å². The Morgan fingerprint density at radius 2 is 1.83 bits per heavy atom. The summed E-state index contributed by atoms with van der Waals surface area (Å²) in [7, 11) is 0. The smallest absolute Gasteiger partial charge is 0.133 e. The van der Waals surface area contributed by atoms with Gasteiger partial charge in [-0.1, -0.05) is 24.3 Å². The molecule has 2 rings (SSSR count). The second-order valence-corrected chi connectivity index (χ2v) is 2.72. The average molecular weight is 161 g/mol. The van der Waals surface area contributed by atoms with E-state index in [9.17, 15) is 4.39 Å². The maximum absolute atomic E-state index is 13.2. The van der Waals surface area contributed by atoms with Gasteiger partial charge in [-0.25, -0.2) is 4.39 Å². The molecule has 0 aliphatic carbocycles. The lowest BCUT2D eigenvalue weighted by atomic mass is 10.1. The minimum atomic E-state index is -0.259. The zero-order chi connectivity index (χ0) is 8.55. The molecular formula is C10H8FN. The van der Waals surface area contributed by atoms with E-state index in [2.05, 4.69) is 0 Å². The molecule has 2 heteroatoms. The fraction of sp³-hybridized carbons (Fsp3) is 0. The molecule has 0 aromatic heterocycles. The van der Waals surface area contributed by atoms with E-state index in [0.29, 0.717) is 11.1 Å². The number of nitrogen functional groups attached to an aromatic ring is 1. The van der Waals surface area contributed by atoms with Crippen LogP contribution in [0.1, 0.15) is 0 Å². The molecule has 12 heavy (non-hydrogen) atoms. The lowest BCUT2D eigenvalue weighted by Crippen LogP contribution is -1.87. The molecule has 60 valence electrons. The van der Waals surface area contributed by atoms with Crippen LogP contribution in [-0.2, 0) is 0 Å². The maximum atomic E-state index is 13.2. The number of nitrogens with two attached hydrogens (primary N) is 1. The highest BCUT2D eigenvalue weighted by atomic mass is 19.1. The van der Waals surface area contributed by atoms with Crippen molar-refractivity contribution in [2.24, 2.45) is 0 Å². The zero-order valence-electron chi connectivity index (χ0n) is 6.42. The van der Waals surface area contributed by atoms with Crippen molar-refractivity contribution in [3.63, 3.8) is 0 Å². The highest BCUT2D eigenvalue weighted by molar-refractivity contribution is 5.85. The van der Waals surface area contributed by atoms with Crippen LogP contribution in [0.25, 0.3) is 10.8 Å². The van der Waals surface area contributed by atoms with Gasteiger partial charge in [-0.3, -0.25) is 0 Å². The fourth-order valence-electron chi connectivity index (χ4n) is 1.29. The van der Waals surface area contributed by atoms with E-state index in [4.69, 9.17) is 5.73 Å². The Morgan fingerprint density at radius 3 is 2.67 bits per heavy atom. The molecule has 0 saturated heterocycles. The second kappa shape index (κ2) is 2.48. The predicted octanol–water partition coefficient (Wildman–Crippen LogP) is 2.56. The summed E-state index contributed by atoms with van der Waals surface area (Å²) in [5, 5.41) is 1.46. The molecule has 0 unspecified atom stereocenters. The van der Waals surface area contributed by atoms with E-state index in [0.717, 1.165) is 5.39 Å². The largest absolute Gasteiger partial charge is 0.399 e. The van der Waals surface area contributed by atoms with Gasteiger partial charge >= 0.3 is 0 Å². The SMILES string of the molecule is Nc1cc(F)c2ccccc2c1. The van der Waals surface area contributed by atoms with E-state index >= 15 is 0 Å². The Hall–Kier alpha value is -1.57. The molecule has 2 aromatic carbocycles. The van der Waals surface area contributed by atoms with Crippen LogP contribution in [-0.4, -0.2) is 0 Å². The van der Waals surface area contributed by atoms with Crippen LogP contribution in [0.15, 0.2) is 36.4 Å². The number of halogens is 1. The standard InChI is InChI=1S/C10H8FN/c11-10-6-8(12)5-7-3-1-2-4-9(7)10/h1-6H,12H2. The first-order chi connectivity index (χ1) is 5.77. The van der Waals surface area contributed by atoms with Gasteiger partial charge in [-0.05, 0) is 17.5 Å². The van der Waals surface area contributed by atoms with Gasteiger partial charge < -0.3 is 5.73 Å². The van der Waals surface area contributed by atoms with Crippen LogP contribution in [0.2, 0.25) is 0 Å². The number of anilines is 1. The molecule has 0 amide bonds. The molecular weight excluding hydrogens is 153 g/mol. The van der Waals surface area contributed by atoms with Crippen molar-refractivity contribution in [3.8, 4) is 0 Å². The van der Waals surface area contributed by atoms with Crippen LogP contribution in [0, 0.1) is 5.82 Å². The van der Waals surface area contributed by atoms with Crippen molar-refractivity contribution < 1.29 is 4.39 Å². The van der Waals surface area contributed by atoms with E-state index in [1.807, 2.05) is 18.2 Å². The van der Waals surface area contributed by atoms with E-state index in [1.54, 1.807) is 12.1 Å². The lowest BCUT2D eigenvalue weighted by molar-refractivity contribution is 0.640. The van der Waals surface area contributed by atoms with Gasteiger partial charge in [0.25, 0.3) is 0 Å². The quantitative estimate of drug-likeness (QED) is 0.590. The fourth-order valence-corrected chi connectivity index (χ4v) is 1.29. The minimum absolute atomic E-state index is 0.259. The first-order valence-corrected chi connectivity index (χ1v) is 3.71. The summed E-state index contributed by atoms with van der Waals surface area (Å²) in [4.78, 5) is 0. The Labute approximate surface area is 69.6 Å². The summed E-state index contributed by atoms with van der Waals surface area (Å²) >= 11 is 0. The monoisotopic (exact) mass is 161 g/mol. The Balaban J connectivity index is 2.89. The summed E-state index contributed by atoms with van der Waals surface area (Å²) in [5.41, 5.74) is 5.95. The van der Waals surface area contributed by atoms with Gasteiger partial charge in [0, 0.05) is 11.1 Å². The van der Waals surface area contributed by atoms with Gasteiger partial charge in [0.05, 0.1) is 0 Å². The lowest BCUT2D eigenvalue weighted by Gasteiger charge is -1.99. The van der Waals surface area contributed by atoms with Crippen molar-refractivity contribution >= 4 is 16.5 Å². The average Bonchev–Trinajstić information content (AvgIpc) is 2.04. The third kappa shape index (κ3) is 1.01. The van der Waals surface area contributed by atoms with Crippen molar-refractivity contribution in [3.05, 3.63) is 42.2 Å². The Kier molecular flexibility index (Phi) is 1.47. The summed E-state index contributed by atoms with van der Waals surface area (Å²) in [6.07, 6.45) is 0. The van der Waals surface area contributed by atoms with Crippen LogP contribution >= 0.6 is 0 Å². The molecule has 2 aromatic rings. The molecule has 0 saturated carbocycles. The third-order valence-corrected chi connectivity index (χ3v) is 1.83. The first-order valence-electron chi connectivity index (χ1n) is 3.71. The molecule has 0 heterocycles. The predicted molar refractivity (Wildman–Crippen MR) is 48.3 cm³/mol. The molecule has 0 fully saturated rings. The molecule has 0 spiro atoms. The van der Waals surface area contributed by atoms with Crippen LogP contribution in [0.4, 0.5) is 10.1 Å². The summed E-state index contributed by atoms with van der Waals surface area (Å²) in [6.45, 7) is 0. The number of hydrogen-bond acceptors (Lipinski definition) is 1. The molecule has 1 nitrogen and oxygen atoms in total. The van der Waals surface area contributed by atoms with E-state index < -0.39 is 0 Å². The molecule has 0 aliphatic rings. The molecule has 0 aliphatic heterocycles. The van der Waals surface area contributed by atoms with Crippen molar-refractivity contribution in [2.75, 3.05) is 5.73 Å². The summed E-state index contributed by atoms with van der Waals surface area (Å²) < 4.78 is 13.2. The Bertz CT molecular complexity index is 423. The molecule has 0 bridgehead atoms. The first kappa shape index (κ1) is 7.10. The van der Waals surface area contributed by atoms with E-state index in [1.165, 1.54) is 6.07 Å². The summed E-state index contributed by atoms with van der Waals surface area (Å²) in [6, 6.07) is 10.3. The third-order valence-electron chi connectivity index (χ3n) is 1.83. The number of rotatable bonds is 0. The van der Waals surface area contributed by atoms with Gasteiger partial charge in [0.15, 0.2) is 0 Å². The van der Waals surface area contributed by atoms with E-state index in [-0.39, 0.29) is 5.82 Å². The maximum Gasteiger partial charge on any atom is 0.133 e. The van der Waals surface area contributed by atoms with Crippen molar-refractivity contribution in [1.82, 2.24) is 0 Å². The van der Waals surface area contributed by atoms with Crippen LogP contribution in [0.5, 0.6) is 0 Å². The van der Waals surface area contributed by atoms with Crippen molar-refractivity contribution in [2.45, 2.75) is 0 Å². The van der Waals surface area contributed by atoms with Crippen LogP contribution < -0.4 is 5.73 Å². The van der Waals surface area contributed by atoms with Gasteiger partial charge in [-0.2, -0.15) is 0 Å². The van der Waals surface area contributed by atoms with Gasteiger partial charge in [-0.15, -0.1) is 0 Å². The number of fused-ring (bicyclic) bond motifs is 1. The highest BCUT2D eigenvalue weighted by Gasteiger charge is 1.99. The molecule has 2 N–H and O–H groups in total. The minimum Gasteiger partial charge on any atom is -0.399 e. The van der Waals surface area contributed by atoms with Gasteiger partial charge in [0.2, 0.25) is 0 Å². The molecule has 0 atom stereocenters. The molecule has 0 radical (unpaired) electrons.